The first-order chi connectivity index (χ1) is 10.3. The van der Waals surface area contributed by atoms with E-state index >= 15 is 0 Å². The van der Waals surface area contributed by atoms with Crippen LogP contribution < -0.4 is 0 Å². The van der Waals surface area contributed by atoms with E-state index in [1.165, 1.54) is 20.2 Å². The molecule has 4 aromatic rings. The fraction of sp³-hybridized carbons (Fsp3) is 0. The van der Waals surface area contributed by atoms with Gasteiger partial charge in [0.15, 0.2) is 0 Å². The second kappa shape index (κ2) is 11.0. The maximum absolute atomic E-state index is 8.36. The largest absolute Gasteiger partial charge is 2.00 e. The van der Waals surface area contributed by atoms with Gasteiger partial charge >= 0.3 is 48.9 Å². The molecular formula is C17H16BaO2S2. The van der Waals surface area contributed by atoms with Crippen molar-refractivity contribution in [3.63, 3.8) is 0 Å². The summed E-state index contributed by atoms with van der Waals surface area (Å²) in [5.74, 6) is 0. The van der Waals surface area contributed by atoms with E-state index in [0.29, 0.717) is 0 Å². The summed E-state index contributed by atoms with van der Waals surface area (Å²) in [5, 5.41) is 13.8. The molecule has 22 heavy (non-hydrogen) atoms. The molecule has 0 unspecified atom stereocenters. The quantitative estimate of drug-likeness (QED) is 0.288. The minimum Gasteiger partial charge on any atom is -1.00 e. The molecule has 4 rings (SSSR count). The van der Waals surface area contributed by atoms with Crippen molar-refractivity contribution in [2.24, 2.45) is 0 Å². The second-order valence-electron chi connectivity index (χ2n) is 4.02. The maximum Gasteiger partial charge on any atom is 2.00 e. The first-order valence-corrected chi connectivity index (χ1v) is 8.03. The number of hydrogen-bond acceptors (Lipinski definition) is 3. The van der Waals surface area contributed by atoms with Crippen LogP contribution in [-0.4, -0.2) is 60.5 Å². The SMILES string of the molecule is O=CO.[Ba+2].[H-].[H-].c1ccc2sccc2c1.c1ccc2sccc2c1. The Hall–Kier alpha value is -0.599. The molecule has 1 N–H and O–H groups in total. The number of rotatable bonds is 0. The van der Waals surface area contributed by atoms with Crippen LogP contribution in [0.2, 0.25) is 0 Å². The van der Waals surface area contributed by atoms with Gasteiger partial charge in [-0.15, -0.1) is 22.7 Å². The minimum absolute atomic E-state index is 0. The van der Waals surface area contributed by atoms with E-state index in [0.717, 1.165) is 0 Å². The Morgan fingerprint density at radius 3 is 1.50 bits per heavy atom. The van der Waals surface area contributed by atoms with Gasteiger partial charge in [-0.3, -0.25) is 4.79 Å². The summed E-state index contributed by atoms with van der Waals surface area (Å²) in [6.07, 6.45) is 0. The summed E-state index contributed by atoms with van der Waals surface area (Å²) < 4.78 is 2.75. The predicted molar refractivity (Wildman–Crippen MR) is 100 cm³/mol. The van der Waals surface area contributed by atoms with Gasteiger partial charge in [-0.25, -0.2) is 0 Å². The van der Waals surface area contributed by atoms with Gasteiger partial charge in [0.1, 0.15) is 0 Å². The van der Waals surface area contributed by atoms with Gasteiger partial charge in [-0.05, 0) is 45.8 Å². The zero-order chi connectivity index (χ0) is 14.9. The Morgan fingerprint density at radius 2 is 1.14 bits per heavy atom. The van der Waals surface area contributed by atoms with Gasteiger partial charge < -0.3 is 7.96 Å². The monoisotopic (exact) mass is 454 g/mol. The summed E-state index contributed by atoms with van der Waals surface area (Å²) in [5.41, 5.74) is 0. The van der Waals surface area contributed by atoms with Crippen LogP contribution in [0, 0.1) is 0 Å². The Morgan fingerprint density at radius 1 is 0.773 bits per heavy atom. The Bertz CT molecular complexity index is 692. The molecule has 5 heteroatoms. The van der Waals surface area contributed by atoms with Gasteiger partial charge in [-0.2, -0.15) is 0 Å². The van der Waals surface area contributed by atoms with Crippen molar-refractivity contribution in [1.82, 2.24) is 0 Å². The predicted octanol–water partition coefficient (Wildman–Crippen LogP) is 5.35. The van der Waals surface area contributed by atoms with Crippen molar-refractivity contribution < 1.29 is 12.8 Å². The average Bonchev–Trinajstić information content (AvgIpc) is 3.17. The molecule has 2 aromatic carbocycles. The van der Waals surface area contributed by atoms with Crippen molar-refractivity contribution in [1.29, 1.82) is 0 Å². The number of benzene rings is 2. The van der Waals surface area contributed by atoms with E-state index in [1.54, 1.807) is 22.7 Å². The van der Waals surface area contributed by atoms with Crippen molar-refractivity contribution >= 4 is 98.2 Å². The first-order valence-electron chi connectivity index (χ1n) is 6.27. The van der Waals surface area contributed by atoms with Crippen LogP contribution in [0.4, 0.5) is 0 Å². The molecule has 0 saturated heterocycles. The molecule has 0 aliphatic carbocycles. The van der Waals surface area contributed by atoms with Gasteiger partial charge in [-0.1, -0.05) is 36.4 Å². The average molecular weight is 454 g/mol. The molecule has 0 fully saturated rings. The first kappa shape index (κ1) is 19.4. The molecule has 0 bridgehead atoms. The number of fused-ring (bicyclic) bond motifs is 2. The molecule has 0 radical (unpaired) electrons. The summed E-state index contributed by atoms with van der Waals surface area (Å²) in [6.45, 7) is -0.250. The number of carbonyl (C=O) groups is 1. The number of thiophene rings is 2. The molecule has 0 spiro atoms. The van der Waals surface area contributed by atoms with E-state index in [9.17, 15) is 0 Å². The third kappa shape index (κ3) is 5.89. The van der Waals surface area contributed by atoms with Crippen LogP contribution in [0.3, 0.4) is 0 Å². The zero-order valence-electron chi connectivity index (χ0n) is 13.9. The molecule has 0 aliphatic heterocycles. The summed E-state index contributed by atoms with van der Waals surface area (Å²) >= 11 is 3.57. The van der Waals surface area contributed by atoms with Crippen molar-refractivity contribution in [2.45, 2.75) is 0 Å². The summed E-state index contributed by atoms with van der Waals surface area (Å²) in [7, 11) is 0. The van der Waals surface area contributed by atoms with Crippen LogP contribution >= 0.6 is 22.7 Å². The Kier molecular flexibility index (Phi) is 9.74. The molecule has 0 atom stereocenters. The van der Waals surface area contributed by atoms with E-state index in [4.69, 9.17) is 9.90 Å². The van der Waals surface area contributed by atoms with Gasteiger partial charge in [0, 0.05) is 9.40 Å². The molecule has 0 aliphatic rings. The van der Waals surface area contributed by atoms with Crippen LogP contribution in [0.25, 0.3) is 20.2 Å². The fourth-order valence-corrected chi connectivity index (χ4v) is 3.39. The van der Waals surface area contributed by atoms with E-state index in [2.05, 4.69) is 71.4 Å². The summed E-state index contributed by atoms with van der Waals surface area (Å²) in [6, 6.07) is 21.1. The smallest absolute Gasteiger partial charge is 1.00 e. The molecule has 0 saturated carbocycles. The molecule has 2 aromatic heterocycles. The second-order valence-corrected chi connectivity index (χ2v) is 5.92. The van der Waals surface area contributed by atoms with Crippen LogP contribution in [-0.2, 0) is 4.79 Å². The number of carboxylic acid groups (broad SMARTS) is 1. The van der Waals surface area contributed by atoms with Crippen LogP contribution in [0.1, 0.15) is 2.85 Å². The third-order valence-electron chi connectivity index (χ3n) is 2.72. The molecular weight excluding hydrogens is 438 g/mol. The van der Waals surface area contributed by atoms with E-state index < -0.39 is 0 Å². The normalized spacial score (nSPS) is 8.91. The molecule has 2 heterocycles. The van der Waals surface area contributed by atoms with E-state index in [-0.39, 0.29) is 58.2 Å². The number of hydrogen-bond donors (Lipinski definition) is 1. The fourth-order valence-electron chi connectivity index (χ4n) is 1.81. The Balaban J connectivity index is 0. The molecule has 0 amide bonds. The molecule has 110 valence electrons. The maximum atomic E-state index is 8.36. The minimum atomic E-state index is -0.250. The van der Waals surface area contributed by atoms with Crippen molar-refractivity contribution in [2.75, 3.05) is 0 Å². The van der Waals surface area contributed by atoms with Crippen molar-refractivity contribution in [3.8, 4) is 0 Å². The topological polar surface area (TPSA) is 37.3 Å². The van der Waals surface area contributed by atoms with Crippen molar-refractivity contribution in [3.05, 3.63) is 71.4 Å². The standard InChI is InChI=1S/2C8H6S.CH2O2.Ba.2H/c2*1-2-4-8-7(3-1)5-6-9-8;2-1-3;;;/h2*1-6H;1H,(H,2,3);;;/q;;;+2;2*-1. The van der Waals surface area contributed by atoms with Gasteiger partial charge in [0.25, 0.3) is 6.47 Å². The zero-order valence-corrected chi connectivity index (χ0v) is 18.0. The van der Waals surface area contributed by atoms with Crippen LogP contribution in [0.15, 0.2) is 71.4 Å². The van der Waals surface area contributed by atoms with Gasteiger partial charge in [0.05, 0.1) is 0 Å². The van der Waals surface area contributed by atoms with Gasteiger partial charge in [0.2, 0.25) is 0 Å². The Labute approximate surface area is 180 Å². The van der Waals surface area contributed by atoms with E-state index in [1.807, 2.05) is 0 Å². The summed E-state index contributed by atoms with van der Waals surface area (Å²) in [4.78, 5) is 8.36. The van der Waals surface area contributed by atoms with Crippen LogP contribution in [0.5, 0.6) is 0 Å². The molecule has 2 nitrogen and oxygen atoms in total. The third-order valence-corrected chi connectivity index (χ3v) is 4.52.